The van der Waals surface area contributed by atoms with Crippen molar-refractivity contribution in [2.75, 3.05) is 6.61 Å². The lowest BCUT2D eigenvalue weighted by Gasteiger charge is -2.25. The number of hydrogen-bond acceptors (Lipinski definition) is 6. The first-order valence-corrected chi connectivity index (χ1v) is 11.2. The van der Waals surface area contributed by atoms with Gasteiger partial charge in [-0.3, -0.25) is 14.3 Å². The fourth-order valence-corrected chi connectivity index (χ4v) is 4.28. The van der Waals surface area contributed by atoms with E-state index in [1.165, 1.54) is 12.3 Å². The number of halogens is 1. The Morgan fingerprint density at radius 3 is 2.91 bits per heavy atom. The highest BCUT2D eigenvalue weighted by Gasteiger charge is 2.34. The van der Waals surface area contributed by atoms with E-state index in [1.54, 1.807) is 49.7 Å². The average Bonchev–Trinajstić information content (AvgIpc) is 3.57. The van der Waals surface area contributed by atoms with Crippen LogP contribution in [0.15, 0.2) is 36.8 Å². The third kappa shape index (κ3) is 4.21. The molecule has 4 aromatic rings. The minimum absolute atomic E-state index is 0.0182. The van der Waals surface area contributed by atoms with Gasteiger partial charge in [0.05, 0.1) is 17.9 Å². The molecule has 3 aromatic heterocycles. The van der Waals surface area contributed by atoms with Gasteiger partial charge in [-0.05, 0) is 51.0 Å². The molecule has 0 saturated carbocycles. The van der Waals surface area contributed by atoms with Crippen LogP contribution in [0.1, 0.15) is 43.6 Å². The highest BCUT2D eigenvalue weighted by Crippen LogP contribution is 2.35. The van der Waals surface area contributed by atoms with Crippen LogP contribution in [0.25, 0.3) is 21.7 Å². The Bertz CT molecular complexity index is 1460. The van der Waals surface area contributed by atoms with E-state index in [2.05, 4.69) is 25.0 Å². The van der Waals surface area contributed by atoms with E-state index >= 15 is 4.39 Å². The van der Waals surface area contributed by atoms with Gasteiger partial charge in [0.15, 0.2) is 0 Å². The van der Waals surface area contributed by atoms with Gasteiger partial charge in [0, 0.05) is 30.6 Å². The summed E-state index contributed by atoms with van der Waals surface area (Å²) < 4.78 is 28.0. The molecule has 9 nitrogen and oxygen atoms in total. The molecule has 0 amide bonds. The molecule has 1 aliphatic heterocycles. The molecule has 0 fully saturated rings. The summed E-state index contributed by atoms with van der Waals surface area (Å²) in [6, 6.07) is 4.72. The van der Waals surface area contributed by atoms with Gasteiger partial charge in [-0.25, -0.2) is 9.37 Å². The van der Waals surface area contributed by atoms with Gasteiger partial charge in [0.2, 0.25) is 5.65 Å². The van der Waals surface area contributed by atoms with E-state index in [4.69, 9.17) is 16.0 Å². The maximum absolute atomic E-state index is 15.0. The Morgan fingerprint density at radius 1 is 1.37 bits per heavy atom. The Morgan fingerprint density at radius 2 is 2.20 bits per heavy atom. The minimum Gasteiger partial charge on any atom is -0.493 e. The van der Waals surface area contributed by atoms with Gasteiger partial charge >= 0.3 is 5.97 Å². The molecule has 1 N–H and O–H groups in total. The maximum Gasteiger partial charge on any atom is 0.317 e. The van der Waals surface area contributed by atoms with E-state index in [1.807, 2.05) is 0 Å². The number of fused-ring (bicyclic) bond motifs is 2. The number of nitrogens with zero attached hydrogens (tertiary/aromatic N) is 5. The molecule has 5 rings (SSSR count). The zero-order valence-corrected chi connectivity index (χ0v) is 19.5. The van der Waals surface area contributed by atoms with Crippen molar-refractivity contribution in [3.8, 4) is 17.0 Å². The van der Waals surface area contributed by atoms with Crippen molar-refractivity contribution in [1.29, 1.82) is 0 Å². The molecule has 1 aliphatic rings. The number of H-pyrrole nitrogens is 1. The van der Waals surface area contributed by atoms with Gasteiger partial charge in [0.25, 0.3) is 5.82 Å². The topological polar surface area (TPSA) is 98.8 Å². The smallest absolute Gasteiger partial charge is 0.317 e. The Hall–Kier alpha value is -4.26. The van der Waals surface area contributed by atoms with Crippen molar-refractivity contribution >= 4 is 17.4 Å². The summed E-state index contributed by atoms with van der Waals surface area (Å²) in [5.74, 6) is -0.856. The van der Waals surface area contributed by atoms with Crippen molar-refractivity contribution < 1.29 is 18.7 Å². The van der Waals surface area contributed by atoms with Crippen LogP contribution >= 0.6 is 0 Å². The molecule has 178 valence electrons. The molecular formula is C25H23FN6O3. The van der Waals surface area contributed by atoms with Crippen molar-refractivity contribution in [3.63, 3.8) is 0 Å². The molecule has 4 heterocycles. The van der Waals surface area contributed by atoms with Gasteiger partial charge in [0.1, 0.15) is 28.9 Å². The summed E-state index contributed by atoms with van der Waals surface area (Å²) in [5.41, 5.74) is 2.09. The predicted octanol–water partition coefficient (Wildman–Crippen LogP) is 4.41. The SMILES string of the molecule is [C-]#[N+]c1cn2c(C(Cc3c(F)ccc4c3CCO4)C(=O)OC(C)(C)C)ncc(-c3ccn[nH]3)c2n1. The fraction of sp³-hybridized carbons (Fsp3) is 0.320. The highest BCUT2D eigenvalue weighted by molar-refractivity contribution is 5.80. The van der Waals surface area contributed by atoms with Crippen molar-refractivity contribution in [2.45, 2.75) is 45.1 Å². The number of esters is 1. The average molecular weight is 474 g/mol. The van der Waals surface area contributed by atoms with Crippen LogP contribution in [0, 0.1) is 12.4 Å². The van der Waals surface area contributed by atoms with Crippen LogP contribution in [0.3, 0.4) is 0 Å². The Kier molecular flexibility index (Phi) is 5.47. The van der Waals surface area contributed by atoms with Crippen LogP contribution in [0.4, 0.5) is 10.2 Å². The molecule has 35 heavy (non-hydrogen) atoms. The minimum atomic E-state index is -0.957. The zero-order valence-electron chi connectivity index (χ0n) is 19.5. The van der Waals surface area contributed by atoms with Crippen LogP contribution in [-0.4, -0.2) is 42.7 Å². The van der Waals surface area contributed by atoms with E-state index in [-0.39, 0.29) is 12.2 Å². The van der Waals surface area contributed by atoms with Gasteiger partial charge in [-0.15, -0.1) is 0 Å². The van der Waals surface area contributed by atoms with Crippen molar-refractivity contribution in [1.82, 2.24) is 24.6 Å². The van der Waals surface area contributed by atoms with Gasteiger partial charge in [-0.1, -0.05) is 11.6 Å². The predicted molar refractivity (Wildman–Crippen MR) is 125 cm³/mol. The van der Waals surface area contributed by atoms with Crippen LogP contribution in [0.5, 0.6) is 5.75 Å². The van der Waals surface area contributed by atoms with E-state index < -0.39 is 23.3 Å². The summed E-state index contributed by atoms with van der Waals surface area (Å²) in [7, 11) is 0. The highest BCUT2D eigenvalue weighted by atomic mass is 19.1. The summed E-state index contributed by atoms with van der Waals surface area (Å²) in [5, 5.41) is 6.85. The molecule has 0 saturated heterocycles. The number of aromatic amines is 1. The number of hydrogen-bond donors (Lipinski definition) is 1. The molecule has 0 spiro atoms. The summed E-state index contributed by atoms with van der Waals surface area (Å²) in [4.78, 5) is 26.0. The third-order valence-electron chi connectivity index (χ3n) is 5.76. The normalized spacial score (nSPS) is 13.8. The van der Waals surface area contributed by atoms with E-state index in [9.17, 15) is 4.79 Å². The number of ether oxygens (including phenoxy) is 2. The lowest BCUT2D eigenvalue weighted by atomic mass is 9.92. The molecule has 1 aromatic carbocycles. The van der Waals surface area contributed by atoms with Crippen LogP contribution < -0.4 is 4.74 Å². The number of aromatic nitrogens is 5. The lowest BCUT2D eigenvalue weighted by Crippen LogP contribution is -2.30. The quantitative estimate of drug-likeness (QED) is 0.340. The van der Waals surface area contributed by atoms with Gasteiger partial charge in [-0.2, -0.15) is 5.10 Å². The lowest BCUT2D eigenvalue weighted by molar-refractivity contribution is -0.157. The monoisotopic (exact) mass is 474 g/mol. The molecule has 1 atom stereocenters. The fourth-order valence-electron chi connectivity index (χ4n) is 4.28. The summed E-state index contributed by atoms with van der Waals surface area (Å²) in [6.45, 7) is 13.2. The van der Waals surface area contributed by atoms with E-state index in [0.29, 0.717) is 47.1 Å². The summed E-state index contributed by atoms with van der Waals surface area (Å²) in [6.07, 6.45) is 5.27. The Balaban J connectivity index is 1.68. The third-order valence-corrected chi connectivity index (χ3v) is 5.76. The maximum atomic E-state index is 15.0. The first-order valence-electron chi connectivity index (χ1n) is 11.2. The number of carbonyl (C=O) groups excluding carboxylic acids is 1. The van der Waals surface area contributed by atoms with Crippen LogP contribution in [0.2, 0.25) is 0 Å². The zero-order chi connectivity index (χ0) is 24.7. The second-order valence-corrected chi connectivity index (χ2v) is 9.30. The molecule has 0 bridgehead atoms. The number of carbonyl (C=O) groups is 1. The molecular weight excluding hydrogens is 451 g/mol. The Labute approximate surface area is 200 Å². The number of nitrogens with one attached hydrogen (secondary N) is 1. The van der Waals surface area contributed by atoms with Crippen molar-refractivity contribution in [2.24, 2.45) is 0 Å². The molecule has 0 aliphatic carbocycles. The first-order chi connectivity index (χ1) is 16.7. The van der Waals surface area contributed by atoms with Gasteiger partial charge < -0.3 is 14.3 Å². The molecule has 10 heteroatoms. The second-order valence-electron chi connectivity index (χ2n) is 9.30. The molecule has 1 unspecified atom stereocenters. The van der Waals surface area contributed by atoms with E-state index in [0.717, 1.165) is 5.56 Å². The largest absolute Gasteiger partial charge is 0.493 e. The molecule has 0 radical (unpaired) electrons. The van der Waals surface area contributed by atoms with Crippen LogP contribution in [-0.2, 0) is 22.4 Å². The number of imidazole rings is 1. The standard InChI is InChI=1S/C25H23FN6O3/c1-25(2,3)35-24(33)16(11-15-14-8-10-34-20(14)6-5-18(15)26)22-28-12-17(19-7-9-29-31-19)23-30-21(27-4)13-32(22)23/h5-7,9,12-13,16H,8,10-11H2,1-3H3,(H,29,31). The second kappa shape index (κ2) is 8.51. The number of rotatable bonds is 5. The summed E-state index contributed by atoms with van der Waals surface area (Å²) >= 11 is 0. The van der Waals surface area contributed by atoms with Crippen molar-refractivity contribution in [3.05, 3.63) is 71.0 Å². The number of benzene rings is 1. The first kappa shape index (κ1) is 22.5.